The van der Waals surface area contributed by atoms with E-state index in [2.05, 4.69) is 23.1 Å². The number of fused-ring (bicyclic) bond motifs is 1. The van der Waals surface area contributed by atoms with Crippen LogP contribution in [0.3, 0.4) is 0 Å². The fourth-order valence-electron chi connectivity index (χ4n) is 4.75. The summed E-state index contributed by atoms with van der Waals surface area (Å²) in [5, 5.41) is 4.95. The van der Waals surface area contributed by atoms with Crippen molar-refractivity contribution in [2.75, 3.05) is 19.6 Å². The number of piperazine rings is 1. The molecule has 7 nitrogen and oxygen atoms in total. The Kier molecular flexibility index (Phi) is 5.52. The first-order valence-corrected chi connectivity index (χ1v) is 11.7. The number of carbonyl (C=O) groups is 2. The Morgan fingerprint density at radius 2 is 1.88 bits per heavy atom. The molecule has 2 heterocycles. The second-order valence-electron chi connectivity index (χ2n) is 9.57. The molecule has 2 amide bonds. The Morgan fingerprint density at radius 1 is 1.06 bits per heavy atom. The topological polar surface area (TPSA) is 71.3 Å². The summed E-state index contributed by atoms with van der Waals surface area (Å²) in [5.41, 5.74) is 4.53. The van der Waals surface area contributed by atoms with E-state index < -0.39 is 5.54 Å². The number of amides is 2. The number of carbonyl (C=O) groups excluding carboxylic acids is 2. The van der Waals surface area contributed by atoms with Gasteiger partial charge in [-0.2, -0.15) is 0 Å². The zero-order valence-corrected chi connectivity index (χ0v) is 20.2. The molecule has 0 N–H and O–H groups in total. The van der Waals surface area contributed by atoms with Crippen LogP contribution in [0.4, 0.5) is 0 Å². The maximum absolute atomic E-state index is 13.3. The van der Waals surface area contributed by atoms with E-state index in [1.165, 1.54) is 22.1 Å². The van der Waals surface area contributed by atoms with E-state index in [1.807, 2.05) is 49.1 Å². The monoisotopic (exact) mass is 475 g/mol. The molecule has 0 saturated carbocycles. The molecule has 0 spiro atoms. The third kappa shape index (κ3) is 4.12. The molecule has 0 bridgehead atoms. The molecule has 0 radical (unpaired) electrons. The zero-order valence-electron chi connectivity index (χ0n) is 19.5. The molecule has 1 aliphatic carbocycles. The van der Waals surface area contributed by atoms with Crippen molar-refractivity contribution in [2.24, 2.45) is 0 Å². The second kappa shape index (κ2) is 8.40. The number of hydrogen-bond acceptors (Lipinski definition) is 4. The summed E-state index contributed by atoms with van der Waals surface area (Å²) in [6.45, 7) is 7.33. The van der Waals surface area contributed by atoms with E-state index in [4.69, 9.17) is 11.6 Å². The molecule has 2 aromatic carbocycles. The number of allylic oxidation sites excluding steroid dienone is 1. The number of hydrogen-bond donors (Lipinski definition) is 0. The molecule has 174 valence electrons. The molecule has 2 aliphatic rings. The molecule has 3 aromatic rings. The minimum atomic E-state index is -0.570. The molecule has 1 saturated heterocycles. The molecule has 5 rings (SSSR count). The van der Waals surface area contributed by atoms with Gasteiger partial charge in [-0.15, -0.1) is 5.10 Å². The Hall–Kier alpha value is -3.45. The van der Waals surface area contributed by atoms with Gasteiger partial charge in [0.1, 0.15) is 6.33 Å². The van der Waals surface area contributed by atoms with Crippen LogP contribution in [0.15, 0.2) is 54.4 Å². The van der Waals surface area contributed by atoms with Crippen LogP contribution in [0.5, 0.6) is 0 Å². The molecular formula is C26H26ClN5O2. The van der Waals surface area contributed by atoms with E-state index in [1.54, 1.807) is 17.0 Å². The average molecular weight is 476 g/mol. The summed E-state index contributed by atoms with van der Waals surface area (Å²) in [5.74, 6) is -0.145. The highest BCUT2D eigenvalue weighted by molar-refractivity contribution is 6.30. The molecule has 0 atom stereocenters. The van der Waals surface area contributed by atoms with Crippen LogP contribution in [0.1, 0.15) is 52.9 Å². The number of benzene rings is 2. The van der Waals surface area contributed by atoms with Gasteiger partial charge in [0.2, 0.25) is 5.82 Å². The Balaban J connectivity index is 1.31. The summed E-state index contributed by atoms with van der Waals surface area (Å²) in [4.78, 5) is 34.4. The van der Waals surface area contributed by atoms with Crippen LogP contribution in [-0.4, -0.2) is 61.6 Å². The van der Waals surface area contributed by atoms with Gasteiger partial charge in [0.05, 0.1) is 11.2 Å². The Labute approximate surface area is 203 Å². The zero-order chi connectivity index (χ0) is 24.0. The quantitative estimate of drug-likeness (QED) is 0.567. The first-order valence-electron chi connectivity index (χ1n) is 11.3. The van der Waals surface area contributed by atoms with E-state index in [0.29, 0.717) is 30.2 Å². The van der Waals surface area contributed by atoms with E-state index in [-0.39, 0.29) is 17.6 Å². The molecule has 34 heavy (non-hydrogen) atoms. The minimum Gasteiger partial charge on any atom is -0.335 e. The van der Waals surface area contributed by atoms with Crippen LogP contribution < -0.4 is 0 Å². The van der Waals surface area contributed by atoms with Crippen molar-refractivity contribution in [2.45, 2.75) is 32.7 Å². The summed E-state index contributed by atoms with van der Waals surface area (Å²) in [6.07, 6.45) is 4.59. The first kappa shape index (κ1) is 22.3. The molecular weight excluding hydrogens is 450 g/mol. The highest BCUT2D eigenvalue weighted by atomic mass is 35.5. The third-order valence-electron chi connectivity index (χ3n) is 6.45. The largest absolute Gasteiger partial charge is 0.335 e. The van der Waals surface area contributed by atoms with Gasteiger partial charge in [0.15, 0.2) is 0 Å². The predicted molar refractivity (Wildman–Crippen MR) is 131 cm³/mol. The first-order chi connectivity index (χ1) is 16.2. The number of rotatable bonds is 3. The van der Waals surface area contributed by atoms with Gasteiger partial charge in [0, 0.05) is 30.2 Å². The lowest BCUT2D eigenvalue weighted by atomic mass is 9.97. The summed E-state index contributed by atoms with van der Waals surface area (Å²) >= 11 is 6.07. The van der Waals surface area contributed by atoms with Crippen molar-refractivity contribution >= 4 is 29.5 Å². The van der Waals surface area contributed by atoms with Crippen LogP contribution in [0, 0.1) is 0 Å². The number of aromatic nitrogens is 3. The smallest absolute Gasteiger partial charge is 0.294 e. The second-order valence-corrected chi connectivity index (χ2v) is 10.0. The van der Waals surface area contributed by atoms with E-state index in [9.17, 15) is 9.59 Å². The highest BCUT2D eigenvalue weighted by Crippen LogP contribution is 2.28. The molecule has 0 unspecified atom stereocenters. The molecule has 1 aromatic heterocycles. The van der Waals surface area contributed by atoms with Crippen molar-refractivity contribution in [1.82, 2.24) is 24.6 Å². The number of nitrogens with zero attached hydrogens (tertiary/aromatic N) is 5. The van der Waals surface area contributed by atoms with Gasteiger partial charge in [-0.25, -0.2) is 9.67 Å². The minimum absolute atomic E-state index is 0.00992. The standard InChI is InChI=1S/C26H26ClN5O2/c1-17-11-18-7-8-19(13-20(18)12-17)24(33)30-9-10-31(26(2,3)15-30)25(34)23-28-16-32(29-23)22-6-4-5-21(27)14-22/h4-8,12-14,16H,9-11,15H2,1-3H3. The predicted octanol–water partition coefficient (Wildman–Crippen LogP) is 4.26. The lowest BCUT2D eigenvalue weighted by Gasteiger charge is -2.46. The van der Waals surface area contributed by atoms with Crippen molar-refractivity contribution in [3.8, 4) is 5.69 Å². The van der Waals surface area contributed by atoms with Crippen LogP contribution in [0.25, 0.3) is 11.8 Å². The SMILES string of the molecule is CC1=Cc2cc(C(=O)N3CCN(C(=O)c4ncn(-c5cccc(Cl)c5)n4)C(C)(C)C3)ccc2C1. The fraction of sp³-hybridized carbons (Fsp3) is 0.308. The third-order valence-corrected chi connectivity index (χ3v) is 6.69. The van der Waals surface area contributed by atoms with Crippen molar-refractivity contribution in [3.63, 3.8) is 0 Å². The van der Waals surface area contributed by atoms with E-state index >= 15 is 0 Å². The summed E-state index contributed by atoms with van der Waals surface area (Å²) < 4.78 is 1.54. The van der Waals surface area contributed by atoms with Gasteiger partial charge in [0.25, 0.3) is 11.8 Å². The Morgan fingerprint density at radius 3 is 2.65 bits per heavy atom. The Bertz CT molecular complexity index is 1330. The van der Waals surface area contributed by atoms with E-state index in [0.717, 1.165) is 17.7 Å². The van der Waals surface area contributed by atoms with Crippen molar-refractivity contribution in [3.05, 3.63) is 81.9 Å². The van der Waals surface area contributed by atoms with Crippen LogP contribution in [0.2, 0.25) is 5.02 Å². The molecule has 1 fully saturated rings. The lowest BCUT2D eigenvalue weighted by Crippen LogP contribution is -2.62. The van der Waals surface area contributed by atoms with Crippen molar-refractivity contribution in [1.29, 1.82) is 0 Å². The fourth-order valence-corrected chi connectivity index (χ4v) is 4.94. The summed E-state index contributed by atoms with van der Waals surface area (Å²) in [6, 6.07) is 13.1. The van der Waals surface area contributed by atoms with Gasteiger partial charge >= 0.3 is 0 Å². The molecule has 8 heteroatoms. The van der Waals surface area contributed by atoms with Gasteiger partial charge in [-0.1, -0.05) is 35.4 Å². The van der Waals surface area contributed by atoms with Gasteiger partial charge in [-0.3, -0.25) is 9.59 Å². The van der Waals surface area contributed by atoms with Gasteiger partial charge < -0.3 is 9.80 Å². The number of halogens is 1. The van der Waals surface area contributed by atoms with Crippen molar-refractivity contribution < 1.29 is 9.59 Å². The maximum atomic E-state index is 13.3. The lowest BCUT2D eigenvalue weighted by molar-refractivity contribution is 0.0160. The average Bonchev–Trinajstić information content (AvgIpc) is 3.43. The maximum Gasteiger partial charge on any atom is 0.294 e. The van der Waals surface area contributed by atoms with Crippen LogP contribution >= 0.6 is 11.6 Å². The molecule has 1 aliphatic heterocycles. The van der Waals surface area contributed by atoms with Gasteiger partial charge in [-0.05, 0) is 68.7 Å². The highest BCUT2D eigenvalue weighted by Gasteiger charge is 2.40. The normalized spacial score (nSPS) is 16.9. The van der Waals surface area contributed by atoms with Crippen LogP contribution in [-0.2, 0) is 6.42 Å². The summed E-state index contributed by atoms with van der Waals surface area (Å²) in [7, 11) is 0.